The molecule has 0 spiro atoms. The van der Waals surface area contributed by atoms with Gasteiger partial charge in [0.2, 0.25) is 0 Å². The van der Waals surface area contributed by atoms with Crippen LogP contribution in [0.3, 0.4) is 0 Å². The summed E-state index contributed by atoms with van der Waals surface area (Å²) >= 11 is 0. The lowest BCUT2D eigenvalue weighted by atomic mass is 9.83. The van der Waals surface area contributed by atoms with Crippen LogP contribution in [0.5, 0.6) is 0 Å². The molecule has 2 aromatic carbocycles. The van der Waals surface area contributed by atoms with Crippen LogP contribution < -0.4 is 0 Å². The van der Waals surface area contributed by atoms with E-state index in [0.717, 1.165) is 17.5 Å². The lowest BCUT2D eigenvalue weighted by Crippen LogP contribution is -2.15. The molecular formula is C19H22O. The maximum absolute atomic E-state index is 12.6. The molecule has 0 fully saturated rings. The lowest BCUT2D eigenvalue weighted by molar-refractivity contribution is -0.119. The molecule has 0 saturated carbocycles. The highest BCUT2D eigenvalue weighted by Gasteiger charge is 2.23. The van der Waals surface area contributed by atoms with Gasteiger partial charge in [-0.15, -0.1) is 0 Å². The van der Waals surface area contributed by atoms with Gasteiger partial charge in [-0.3, -0.25) is 4.79 Å². The topological polar surface area (TPSA) is 17.1 Å². The second-order valence-corrected chi connectivity index (χ2v) is 5.42. The third-order valence-corrected chi connectivity index (χ3v) is 3.69. The Morgan fingerprint density at radius 1 is 1.05 bits per heavy atom. The zero-order valence-corrected chi connectivity index (χ0v) is 12.5. The van der Waals surface area contributed by atoms with Gasteiger partial charge in [-0.25, -0.2) is 0 Å². The molecular weight excluding hydrogens is 244 g/mol. The van der Waals surface area contributed by atoms with Crippen molar-refractivity contribution in [3.63, 3.8) is 0 Å². The largest absolute Gasteiger partial charge is 0.299 e. The van der Waals surface area contributed by atoms with Crippen LogP contribution in [0.1, 0.15) is 47.9 Å². The number of rotatable bonds is 5. The van der Waals surface area contributed by atoms with Crippen LogP contribution in [0.25, 0.3) is 0 Å². The molecule has 0 radical (unpaired) electrons. The minimum absolute atomic E-state index is 0.128. The van der Waals surface area contributed by atoms with Crippen LogP contribution in [0.2, 0.25) is 0 Å². The van der Waals surface area contributed by atoms with E-state index >= 15 is 0 Å². The van der Waals surface area contributed by atoms with Gasteiger partial charge in [0, 0.05) is 6.42 Å². The van der Waals surface area contributed by atoms with Gasteiger partial charge < -0.3 is 0 Å². The van der Waals surface area contributed by atoms with Crippen molar-refractivity contribution in [1.29, 1.82) is 0 Å². The van der Waals surface area contributed by atoms with E-state index in [1.54, 1.807) is 0 Å². The molecule has 0 bridgehead atoms. The summed E-state index contributed by atoms with van der Waals surface area (Å²) in [5.41, 5.74) is 4.67. The standard InChI is InChI=1S/C19H22O/c1-4-8-18(20)19(16-9-6-5-7-10-16)17-12-11-14(2)13-15(17)3/h5-7,9-13,19H,4,8H2,1-3H3. The normalized spacial score (nSPS) is 12.2. The fraction of sp³-hybridized carbons (Fsp3) is 0.316. The smallest absolute Gasteiger partial charge is 0.144 e. The number of carbonyl (C=O) groups is 1. The zero-order valence-electron chi connectivity index (χ0n) is 12.5. The van der Waals surface area contributed by atoms with E-state index in [4.69, 9.17) is 0 Å². The van der Waals surface area contributed by atoms with Gasteiger partial charge in [-0.2, -0.15) is 0 Å². The fourth-order valence-corrected chi connectivity index (χ4v) is 2.72. The molecule has 1 nitrogen and oxygen atoms in total. The van der Waals surface area contributed by atoms with Crippen molar-refractivity contribution in [2.75, 3.05) is 0 Å². The fourth-order valence-electron chi connectivity index (χ4n) is 2.72. The molecule has 0 aliphatic carbocycles. The maximum Gasteiger partial charge on any atom is 0.144 e. The second-order valence-electron chi connectivity index (χ2n) is 5.42. The van der Waals surface area contributed by atoms with Crippen LogP contribution in [0.4, 0.5) is 0 Å². The van der Waals surface area contributed by atoms with Crippen molar-refractivity contribution in [1.82, 2.24) is 0 Å². The third-order valence-electron chi connectivity index (χ3n) is 3.69. The quantitative estimate of drug-likeness (QED) is 0.759. The van der Waals surface area contributed by atoms with Crippen LogP contribution in [0.15, 0.2) is 48.5 Å². The van der Waals surface area contributed by atoms with Gasteiger partial charge in [0.1, 0.15) is 5.78 Å². The van der Waals surface area contributed by atoms with E-state index in [-0.39, 0.29) is 5.92 Å². The number of hydrogen-bond acceptors (Lipinski definition) is 1. The zero-order chi connectivity index (χ0) is 14.5. The van der Waals surface area contributed by atoms with Crippen molar-refractivity contribution in [2.45, 2.75) is 39.5 Å². The second kappa shape index (κ2) is 6.51. The maximum atomic E-state index is 12.6. The van der Waals surface area contributed by atoms with Crippen LogP contribution in [0, 0.1) is 13.8 Å². The minimum atomic E-state index is -0.128. The molecule has 1 unspecified atom stereocenters. The van der Waals surface area contributed by atoms with E-state index in [1.807, 2.05) is 18.2 Å². The summed E-state index contributed by atoms with van der Waals surface area (Å²) in [6, 6.07) is 16.5. The first-order chi connectivity index (χ1) is 9.63. The number of carbonyl (C=O) groups excluding carboxylic acids is 1. The molecule has 0 aliphatic rings. The van der Waals surface area contributed by atoms with E-state index < -0.39 is 0 Å². The van der Waals surface area contributed by atoms with E-state index in [1.165, 1.54) is 11.1 Å². The summed E-state index contributed by atoms with van der Waals surface area (Å²) in [5.74, 6) is 0.183. The van der Waals surface area contributed by atoms with Crippen LogP contribution in [-0.4, -0.2) is 5.78 Å². The highest BCUT2D eigenvalue weighted by molar-refractivity contribution is 5.89. The van der Waals surface area contributed by atoms with E-state index in [9.17, 15) is 4.79 Å². The molecule has 1 atom stereocenters. The summed E-state index contributed by atoms with van der Waals surface area (Å²) in [6.07, 6.45) is 1.53. The molecule has 0 N–H and O–H groups in total. The molecule has 20 heavy (non-hydrogen) atoms. The summed E-state index contributed by atoms with van der Waals surface area (Å²) in [4.78, 5) is 12.6. The van der Waals surface area contributed by atoms with Crippen molar-refractivity contribution in [3.8, 4) is 0 Å². The highest BCUT2D eigenvalue weighted by atomic mass is 16.1. The Bertz CT molecular complexity index is 584. The third kappa shape index (κ3) is 3.16. The predicted molar refractivity (Wildman–Crippen MR) is 84.1 cm³/mol. The molecule has 2 rings (SSSR count). The highest BCUT2D eigenvalue weighted by Crippen LogP contribution is 2.30. The SMILES string of the molecule is CCCC(=O)C(c1ccccc1)c1ccc(C)cc1C. The van der Waals surface area contributed by atoms with Gasteiger partial charge in [-0.05, 0) is 37.0 Å². The number of aryl methyl sites for hydroxylation is 2. The number of benzene rings is 2. The summed E-state index contributed by atoms with van der Waals surface area (Å²) in [7, 11) is 0. The predicted octanol–water partition coefficient (Wildman–Crippen LogP) is 4.80. The van der Waals surface area contributed by atoms with Gasteiger partial charge in [0.15, 0.2) is 0 Å². The van der Waals surface area contributed by atoms with Crippen LogP contribution in [-0.2, 0) is 4.79 Å². The van der Waals surface area contributed by atoms with Gasteiger partial charge in [0.05, 0.1) is 5.92 Å². The van der Waals surface area contributed by atoms with Gasteiger partial charge >= 0.3 is 0 Å². The van der Waals surface area contributed by atoms with Gasteiger partial charge in [-0.1, -0.05) is 61.0 Å². The summed E-state index contributed by atoms with van der Waals surface area (Å²) in [5, 5.41) is 0. The average molecular weight is 266 g/mol. The molecule has 0 heterocycles. The molecule has 1 heteroatoms. The molecule has 2 aromatic rings. The average Bonchev–Trinajstić information content (AvgIpc) is 2.43. The minimum Gasteiger partial charge on any atom is -0.299 e. The first kappa shape index (κ1) is 14.5. The Labute approximate surface area is 121 Å². The van der Waals surface area contributed by atoms with Crippen molar-refractivity contribution in [2.24, 2.45) is 0 Å². The molecule has 0 aromatic heterocycles. The summed E-state index contributed by atoms with van der Waals surface area (Å²) < 4.78 is 0. The van der Waals surface area contributed by atoms with E-state index in [0.29, 0.717) is 12.2 Å². The first-order valence-corrected chi connectivity index (χ1v) is 7.28. The Morgan fingerprint density at radius 3 is 2.35 bits per heavy atom. The van der Waals surface area contributed by atoms with Gasteiger partial charge in [0.25, 0.3) is 0 Å². The first-order valence-electron chi connectivity index (χ1n) is 7.28. The Hall–Kier alpha value is -1.89. The Balaban J connectivity index is 2.49. The van der Waals surface area contributed by atoms with Crippen LogP contribution >= 0.6 is 0 Å². The van der Waals surface area contributed by atoms with Crippen molar-refractivity contribution < 1.29 is 4.79 Å². The Morgan fingerprint density at radius 2 is 1.75 bits per heavy atom. The molecule has 104 valence electrons. The number of ketones is 1. The number of Topliss-reactive ketones (excluding diaryl/α,β-unsaturated/α-hetero) is 1. The monoisotopic (exact) mass is 266 g/mol. The molecule has 0 amide bonds. The lowest BCUT2D eigenvalue weighted by Gasteiger charge is -2.19. The van der Waals surface area contributed by atoms with Crippen molar-refractivity contribution in [3.05, 3.63) is 70.8 Å². The van der Waals surface area contributed by atoms with E-state index in [2.05, 4.69) is 51.1 Å². The summed E-state index contributed by atoms with van der Waals surface area (Å²) in [6.45, 7) is 6.24. The number of hydrogen-bond donors (Lipinski definition) is 0. The Kier molecular flexibility index (Phi) is 4.73. The van der Waals surface area contributed by atoms with Crippen molar-refractivity contribution >= 4 is 5.78 Å². The molecule has 0 saturated heterocycles. The molecule has 0 aliphatic heterocycles.